The van der Waals surface area contributed by atoms with Gasteiger partial charge in [0, 0.05) is 51.5 Å². The summed E-state index contributed by atoms with van der Waals surface area (Å²) in [6.45, 7) is 10.9. The molecular weight excluding hydrogens is 342 g/mol. The van der Waals surface area contributed by atoms with E-state index in [2.05, 4.69) is 41.0 Å². The van der Waals surface area contributed by atoms with E-state index in [-0.39, 0.29) is 5.91 Å². The minimum Gasteiger partial charge on any atom is -0.357 e. The first-order chi connectivity index (χ1) is 13.0. The lowest BCUT2D eigenvalue weighted by molar-refractivity contribution is -0.120. The maximum Gasteiger partial charge on any atom is 0.246 e. The quantitative estimate of drug-likeness (QED) is 0.567. The van der Waals surface area contributed by atoms with E-state index < -0.39 is 0 Å². The van der Waals surface area contributed by atoms with Crippen LogP contribution in [0.15, 0.2) is 17.4 Å². The molecular formula is C19H33N7O. The number of nitrogens with zero attached hydrogens (tertiary/aromatic N) is 6. The second kappa shape index (κ2) is 8.73. The summed E-state index contributed by atoms with van der Waals surface area (Å²) in [5.41, 5.74) is 0.862. The Morgan fingerprint density at radius 1 is 1.41 bits per heavy atom. The number of aryl methyl sites for hydroxylation is 1. The molecule has 3 rings (SSSR count). The molecule has 0 unspecified atom stereocenters. The molecule has 1 aromatic rings. The Balaban J connectivity index is 1.59. The number of carbonyl (C=O) groups is 1. The van der Waals surface area contributed by atoms with Crippen molar-refractivity contribution < 1.29 is 4.79 Å². The third kappa shape index (κ3) is 5.00. The lowest BCUT2D eigenvalue weighted by atomic mass is 10.3. The molecule has 2 aliphatic rings. The van der Waals surface area contributed by atoms with E-state index in [1.165, 1.54) is 12.8 Å². The van der Waals surface area contributed by atoms with Gasteiger partial charge in [0.25, 0.3) is 0 Å². The monoisotopic (exact) mass is 375 g/mol. The van der Waals surface area contributed by atoms with Gasteiger partial charge in [-0.15, -0.1) is 0 Å². The average Bonchev–Trinajstić information content (AvgIpc) is 3.37. The first-order valence-electron chi connectivity index (χ1n) is 10.1. The lowest BCUT2D eigenvalue weighted by Crippen LogP contribution is -2.55. The molecule has 150 valence electrons. The Kier molecular flexibility index (Phi) is 6.36. The van der Waals surface area contributed by atoms with Crippen molar-refractivity contribution in [2.24, 2.45) is 12.0 Å². The van der Waals surface area contributed by atoms with Crippen LogP contribution in [0.2, 0.25) is 0 Å². The van der Waals surface area contributed by atoms with Crippen molar-refractivity contribution in [1.29, 1.82) is 0 Å². The van der Waals surface area contributed by atoms with Gasteiger partial charge in [-0.1, -0.05) is 0 Å². The van der Waals surface area contributed by atoms with Gasteiger partial charge in [-0.2, -0.15) is 5.10 Å². The summed E-state index contributed by atoms with van der Waals surface area (Å²) in [6.07, 6.45) is 6.25. The van der Waals surface area contributed by atoms with Gasteiger partial charge in [0.05, 0.1) is 18.4 Å². The minimum absolute atomic E-state index is 0.0849. The smallest absolute Gasteiger partial charge is 0.246 e. The van der Waals surface area contributed by atoms with Gasteiger partial charge in [-0.25, -0.2) is 0 Å². The van der Waals surface area contributed by atoms with E-state index in [4.69, 9.17) is 4.99 Å². The van der Waals surface area contributed by atoms with Crippen molar-refractivity contribution in [3.05, 3.63) is 12.4 Å². The third-order valence-corrected chi connectivity index (χ3v) is 5.16. The topological polar surface area (TPSA) is 69.0 Å². The number of aliphatic imine (C=N–C) groups is 1. The van der Waals surface area contributed by atoms with E-state index in [1.54, 1.807) is 15.8 Å². The molecule has 2 fully saturated rings. The number of amides is 1. The number of hydrogen-bond donors (Lipinski definition) is 1. The van der Waals surface area contributed by atoms with Crippen molar-refractivity contribution in [2.75, 3.05) is 44.2 Å². The average molecular weight is 376 g/mol. The van der Waals surface area contributed by atoms with E-state index >= 15 is 0 Å². The van der Waals surface area contributed by atoms with E-state index in [0.717, 1.165) is 43.9 Å². The summed E-state index contributed by atoms with van der Waals surface area (Å²) in [6, 6.07) is 1.30. The fourth-order valence-corrected chi connectivity index (χ4v) is 3.64. The van der Waals surface area contributed by atoms with Gasteiger partial charge in [0.15, 0.2) is 5.96 Å². The Labute approximate surface area is 162 Å². The van der Waals surface area contributed by atoms with E-state index in [0.29, 0.717) is 19.1 Å². The number of anilines is 1. The third-order valence-electron chi connectivity index (χ3n) is 5.16. The molecule has 2 heterocycles. The van der Waals surface area contributed by atoms with E-state index in [1.807, 2.05) is 13.2 Å². The van der Waals surface area contributed by atoms with Crippen molar-refractivity contribution in [2.45, 2.75) is 45.7 Å². The van der Waals surface area contributed by atoms with Gasteiger partial charge in [0.2, 0.25) is 5.91 Å². The van der Waals surface area contributed by atoms with Crippen LogP contribution in [0.1, 0.15) is 33.6 Å². The molecule has 1 N–H and O–H groups in total. The molecule has 0 aromatic carbocycles. The van der Waals surface area contributed by atoms with Gasteiger partial charge in [0.1, 0.15) is 6.54 Å². The fourth-order valence-electron chi connectivity index (χ4n) is 3.64. The number of nitrogens with one attached hydrogen (secondary N) is 1. The van der Waals surface area contributed by atoms with Gasteiger partial charge in [-0.05, 0) is 33.6 Å². The van der Waals surface area contributed by atoms with Crippen LogP contribution in [-0.2, 0) is 11.8 Å². The minimum atomic E-state index is 0.0849. The maximum absolute atomic E-state index is 12.6. The molecule has 0 radical (unpaired) electrons. The highest BCUT2D eigenvalue weighted by Crippen LogP contribution is 2.28. The summed E-state index contributed by atoms with van der Waals surface area (Å²) in [5.74, 6) is 0.929. The molecule has 1 aliphatic heterocycles. The fraction of sp³-hybridized carbons (Fsp3) is 0.737. The predicted octanol–water partition coefficient (Wildman–Crippen LogP) is 0.907. The summed E-state index contributed by atoms with van der Waals surface area (Å²) < 4.78 is 1.72. The van der Waals surface area contributed by atoms with Gasteiger partial charge >= 0.3 is 0 Å². The molecule has 1 saturated carbocycles. The molecule has 1 amide bonds. The molecule has 0 atom stereocenters. The van der Waals surface area contributed by atoms with Crippen LogP contribution in [0.4, 0.5) is 5.69 Å². The maximum atomic E-state index is 12.6. The Hall–Kier alpha value is -2.09. The van der Waals surface area contributed by atoms with Crippen LogP contribution in [0.3, 0.4) is 0 Å². The first-order valence-corrected chi connectivity index (χ1v) is 10.1. The second-order valence-corrected chi connectivity index (χ2v) is 7.64. The number of aromatic nitrogens is 2. The number of guanidine groups is 1. The van der Waals surface area contributed by atoms with Crippen molar-refractivity contribution >= 4 is 17.6 Å². The van der Waals surface area contributed by atoms with Crippen molar-refractivity contribution in [1.82, 2.24) is 24.9 Å². The lowest BCUT2D eigenvalue weighted by Gasteiger charge is -2.35. The Bertz CT molecular complexity index is 663. The molecule has 1 aromatic heterocycles. The van der Waals surface area contributed by atoms with Crippen LogP contribution >= 0.6 is 0 Å². The first kappa shape index (κ1) is 19.7. The van der Waals surface area contributed by atoms with Crippen LogP contribution in [0, 0.1) is 0 Å². The highest BCUT2D eigenvalue weighted by Gasteiger charge is 2.30. The SMILES string of the molecule is CCNC(=NCCN(C(C)C)C1CC1)N1CCN(c2cnn(C)c2)C(=O)C1. The van der Waals surface area contributed by atoms with Crippen LogP contribution in [0.25, 0.3) is 0 Å². The molecule has 1 saturated heterocycles. The second-order valence-electron chi connectivity index (χ2n) is 7.64. The van der Waals surface area contributed by atoms with Gasteiger partial charge in [-0.3, -0.25) is 19.4 Å². The Morgan fingerprint density at radius 2 is 2.19 bits per heavy atom. The number of hydrogen-bond acceptors (Lipinski definition) is 4. The molecule has 8 nitrogen and oxygen atoms in total. The zero-order valence-corrected chi connectivity index (χ0v) is 17.1. The number of rotatable bonds is 7. The van der Waals surface area contributed by atoms with Crippen LogP contribution in [0.5, 0.6) is 0 Å². The summed E-state index contributed by atoms with van der Waals surface area (Å²) in [5, 5.41) is 7.52. The summed E-state index contributed by atoms with van der Waals surface area (Å²) in [7, 11) is 1.86. The molecule has 0 bridgehead atoms. The van der Waals surface area contributed by atoms with Gasteiger partial charge < -0.3 is 15.1 Å². The molecule has 0 spiro atoms. The summed E-state index contributed by atoms with van der Waals surface area (Å²) >= 11 is 0. The highest BCUT2D eigenvalue weighted by molar-refractivity contribution is 5.98. The molecule has 8 heteroatoms. The van der Waals surface area contributed by atoms with Crippen molar-refractivity contribution in [3.63, 3.8) is 0 Å². The molecule has 1 aliphatic carbocycles. The normalized spacial score (nSPS) is 18.7. The highest BCUT2D eigenvalue weighted by atomic mass is 16.2. The summed E-state index contributed by atoms with van der Waals surface area (Å²) in [4.78, 5) is 23.9. The zero-order chi connectivity index (χ0) is 19.4. The number of carbonyl (C=O) groups excluding carboxylic acids is 1. The van der Waals surface area contributed by atoms with Crippen LogP contribution in [-0.4, -0.2) is 82.8 Å². The Morgan fingerprint density at radius 3 is 2.74 bits per heavy atom. The predicted molar refractivity (Wildman–Crippen MR) is 108 cm³/mol. The standard InChI is InChI=1S/C19H33N7O/c1-5-20-19(21-8-9-25(15(2)3)16-6-7-16)24-10-11-26(18(27)14-24)17-12-22-23(4)13-17/h12-13,15-16H,5-11,14H2,1-4H3,(H,20,21). The van der Waals surface area contributed by atoms with E-state index in [9.17, 15) is 4.79 Å². The largest absolute Gasteiger partial charge is 0.357 e. The van der Waals surface area contributed by atoms with Crippen LogP contribution < -0.4 is 10.2 Å². The molecule has 27 heavy (non-hydrogen) atoms. The number of piperazine rings is 1. The zero-order valence-electron chi connectivity index (χ0n) is 17.1. The van der Waals surface area contributed by atoms with Crippen molar-refractivity contribution in [3.8, 4) is 0 Å².